The summed E-state index contributed by atoms with van der Waals surface area (Å²) in [5.74, 6) is 0.0461. The lowest BCUT2D eigenvalue weighted by molar-refractivity contribution is 0.0149. The van der Waals surface area contributed by atoms with Crippen LogP contribution in [0.5, 0.6) is 5.75 Å². The molecule has 1 saturated heterocycles. The number of hydrogen-bond donors (Lipinski definition) is 1. The third-order valence-corrected chi connectivity index (χ3v) is 7.27. The number of para-hydroxylation sites is 1. The van der Waals surface area contributed by atoms with Gasteiger partial charge < -0.3 is 28.5 Å². The van der Waals surface area contributed by atoms with Crippen LogP contribution in [-0.4, -0.2) is 67.9 Å². The minimum Gasteiger partial charge on any atom is -0.496 e. The highest BCUT2D eigenvalue weighted by Gasteiger charge is 2.49. The number of carbonyl (C=O) groups excluding carboxylic acids is 1. The van der Waals surface area contributed by atoms with Crippen LogP contribution in [0.2, 0.25) is 0 Å². The minimum atomic E-state index is -3.41. The fourth-order valence-corrected chi connectivity index (χ4v) is 5.70. The fourth-order valence-electron chi connectivity index (χ4n) is 3.93. The Morgan fingerprint density at radius 1 is 1.27 bits per heavy atom. The SMILES string of the molecule is CCOP(=O)(C[C@@H]1[C@@H](c2ccccc2OC)CN(C(=O)OC(C)(C)C)[C@@H]1CO)OC. The number of nitrogens with zero attached hydrogens (tertiary/aromatic N) is 1. The molecule has 4 atom stereocenters. The molecule has 1 aromatic carbocycles. The van der Waals surface area contributed by atoms with Gasteiger partial charge in [0.25, 0.3) is 0 Å². The molecule has 1 aliphatic heterocycles. The van der Waals surface area contributed by atoms with Crippen molar-refractivity contribution in [1.29, 1.82) is 0 Å². The van der Waals surface area contributed by atoms with Crippen molar-refractivity contribution in [1.82, 2.24) is 4.90 Å². The van der Waals surface area contributed by atoms with Crippen molar-refractivity contribution in [2.45, 2.75) is 45.3 Å². The van der Waals surface area contributed by atoms with E-state index in [1.807, 2.05) is 24.3 Å². The van der Waals surface area contributed by atoms with E-state index in [4.69, 9.17) is 18.5 Å². The summed E-state index contributed by atoms with van der Waals surface area (Å²) >= 11 is 0. The Bertz CT molecular complexity index is 764. The summed E-state index contributed by atoms with van der Waals surface area (Å²) in [7, 11) is -0.478. The summed E-state index contributed by atoms with van der Waals surface area (Å²) in [6.45, 7) is 7.34. The van der Waals surface area contributed by atoms with Gasteiger partial charge in [0.1, 0.15) is 11.4 Å². The molecule has 170 valence electrons. The maximum Gasteiger partial charge on any atom is 0.410 e. The molecule has 1 aromatic rings. The molecule has 0 aromatic heterocycles. The Hall–Kier alpha value is -1.60. The van der Waals surface area contributed by atoms with Gasteiger partial charge >= 0.3 is 13.7 Å². The number of benzene rings is 1. The summed E-state index contributed by atoms with van der Waals surface area (Å²) < 4.78 is 34.9. The maximum atomic E-state index is 13.1. The molecule has 8 nitrogen and oxygen atoms in total. The minimum absolute atomic E-state index is 0.0601. The van der Waals surface area contributed by atoms with E-state index in [9.17, 15) is 14.5 Å². The quantitative estimate of drug-likeness (QED) is 0.609. The van der Waals surface area contributed by atoms with Gasteiger partial charge in [-0.25, -0.2) is 4.79 Å². The first kappa shape index (κ1) is 24.7. The van der Waals surface area contributed by atoms with Gasteiger partial charge in [-0.2, -0.15) is 0 Å². The van der Waals surface area contributed by atoms with E-state index >= 15 is 0 Å². The van der Waals surface area contributed by atoms with Gasteiger partial charge in [-0.1, -0.05) is 18.2 Å². The fraction of sp³-hybridized carbons (Fsp3) is 0.667. The van der Waals surface area contributed by atoms with E-state index in [-0.39, 0.29) is 31.2 Å². The predicted octanol–water partition coefficient (Wildman–Crippen LogP) is 3.88. The zero-order valence-corrected chi connectivity index (χ0v) is 19.6. The van der Waals surface area contributed by atoms with Gasteiger partial charge in [-0.3, -0.25) is 4.57 Å². The van der Waals surface area contributed by atoms with Crippen LogP contribution in [-0.2, 0) is 18.3 Å². The third-order valence-electron chi connectivity index (χ3n) is 5.20. The van der Waals surface area contributed by atoms with Crippen LogP contribution in [0.3, 0.4) is 0 Å². The summed E-state index contributed by atoms with van der Waals surface area (Å²) in [5, 5.41) is 10.2. The molecule has 0 bridgehead atoms. The number of aliphatic hydroxyl groups excluding tert-OH is 1. The van der Waals surface area contributed by atoms with Crippen LogP contribution >= 0.6 is 7.60 Å². The Balaban J connectivity index is 2.47. The first-order valence-corrected chi connectivity index (χ1v) is 11.8. The molecule has 1 N–H and O–H groups in total. The zero-order valence-electron chi connectivity index (χ0n) is 18.7. The molecule has 1 heterocycles. The normalized spacial score (nSPS) is 23.8. The number of hydrogen-bond acceptors (Lipinski definition) is 7. The van der Waals surface area contributed by atoms with Gasteiger partial charge in [0.05, 0.1) is 32.5 Å². The molecule has 30 heavy (non-hydrogen) atoms. The number of aliphatic hydroxyl groups is 1. The standard InChI is InChI=1S/C21H34NO7P/c1-7-28-30(25,27-6)14-17-16(15-10-8-9-11-19(15)26-5)12-22(18(17)13-23)20(24)29-21(2,3)4/h8-11,16-18,23H,7,12-14H2,1-6H3/t16-,17-,18-,30?/m1/s1. The van der Waals surface area contributed by atoms with Crippen LogP contribution < -0.4 is 4.74 Å². The van der Waals surface area contributed by atoms with E-state index in [2.05, 4.69) is 0 Å². The van der Waals surface area contributed by atoms with E-state index in [0.29, 0.717) is 12.3 Å². The number of likely N-dealkylation sites (tertiary alicyclic amines) is 1. The Morgan fingerprint density at radius 3 is 2.47 bits per heavy atom. The lowest BCUT2D eigenvalue weighted by atomic mass is 9.86. The highest BCUT2D eigenvalue weighted by Crippen LogP contribution is 2.54. The second kappa shape index (κ2) is 10.1. The van der Waals surface area contributed by atoms with Crippen molar-refractivity contribution < 1.29 is 33.0 Å². The van der Waals surface area contributed by atoms with Crippen molar-refractivity contribution in [3.05, 3.63) is 29.8 Å². The second-order valence-corrected chi connectivity index (χ2v) is 10.5. The topological polar surface area (TPSA) is 94.5 Å². The van der Waals surface area contributed by atoms with Crippen molar-refractivity contribution in [2.24, 2.45) is 5.92 Å². The number of methoxy groups -OCH3 is 1. The van der Waals surface area contributed by atoms with Gasteiger partial charge in [-0.15, -0.1) is 0 Å². The van der Waals surface area contributed by atoms with Crippen LogP contribution in [0.25, 0.3) is 0 Å². The van der Waals surface area contributed by atoms with Crippen molar-refractivity contribution >= 4 is 13.7 Å². The summed E-state index contributed by atoms with van der Waals surface area (Å²) in [6, 6.07) is 6.91. The summed E-state index contributed by atoms with van der Waals surface area (Å²) in [5.41, 5.74) is 0.191. The molecular weight excluding hydrogens is 409 g/mol. The number of carbonyl (C=O) groups is 1. The van der Waals surface area contributed by atoms with Gasteiger partial charge in [0, 0.05) is 25.5 Å². The molecular formula is C21H34NO7P. The average molecular weight is 443 g/mol. The number of rotatable bonds is 8. The Labute approximate surface area is 179 Å². The second-order valence-electron chi connectivity index (χ2n) is 8.29. The highest BCUT2D eigenvalue weighted by atomic mass is 31.2. The monoisotopic (exact) mass is 443 g/mol. The first-order chi connectivity index (χ1) is 14.1. The molecule has 0 radical (unpaired) electrons. The largest absolute Gasteiger partial charge is 0.496 e. The zero-order chi connectivity index (χ0) is 22.5. The predicted molar refractivity (Wildman–Crippen MR) is 114 cm³/mol. The highest BCUT2D eigenvalue weighted by molar-refractivity contribution is 7.53. The first-order valence-electron chi connectivity index (χ1n) is 10.1. The molecule has 0 aliphatic carbocycles. The molecule has 9 heteroatoms. The van der Waals surface area contributed by atoms with E-state index in [0.717, 1.165) is 5.56 Å². The molecule has 1 fully saturated rings. The number of amides is 1. The van der Waals surface area contributed by atoms with Crippen molar-refractivity contribution in [2.75, 3.05) is 40.1 Å². The van der Waals surface area contributed by atoms with Crippen LogP contribution in [0.1, 0.15) is 39.2 Å². The lowest BCUT2D eigenvalue weighted by Crippen LogP contribution is -2.43. The summed E-state index contributed by atoms with van der Waals surface area (Å²) in [6.07, 6.45) is -0.461. The molecule has 1 aliphatic rings. The molecule has 1 unspecified atom stereocenters. The Kier molecular flexibility index (Phi) is 8.34. The maximum absolute atomic E-state index is 13.1. The van der Waals surface area contributed by atoms with E-state index in [1.54, 1.807) is 34.8 Å². The van der Waals surface area contributed by atoms with Gasteiger partial charge in [0.15, 0.2) is 0 Å². The van der Waals surface area contributed by atoms with Crippen molar-refractivity contribution in [3.8, 4) is 5.75 Å². The van der Waals surface area contributed by atoms with Gasteiger partial charge in [-0.05, 0) is 39.3 Å². The van der Waals surface area contributed by atoms with Crippen LogP contribution in [0.15, 0.2) is 24.3 Å². The average Bonchev–Trinajstić information content (AvgIpc) is 3.04. The lowest BCUT2D eigenvalue weighted by Gasteiger charge is -2.30. The van der Waals surface area contributed by atoms with Gasteiger partial charge in [0.2, 0.25) is 0 Å². The molecule has 1 amide bonds. The van der Waals surface area contributed by atoms with E-state index in [1.165, 1.54) is 12.0 Å². The number of ether oxygens (including phenoxy) is 2. The van der Waals surface area contributed by atoms with E-state index < -0.39 is 25.3 Å². The van der Waals surface area contributed by atoms with Crippen molar-refractivity contribution in [3.63, 3.8) is 0 Å². The molecule has 0 spiro atoms. The summed E-state index contributed by atoms with van der Waals surface area (Å²) in [4.78, 5) is 14.4. The van der Waals surface area contributed by atoms with Crippen LogP contribution in [0, 0.1) is 5.92 Å². The van der Waals surface area contributed by atoms with Crippen LogP contribution in [0.4, 0.5) is 4.79 Å². The molecule has 2 rings (SSSR count). The molecule has 0 saturated carbocycles. The Morgan fingerprint density at radius 2 is 1.93 bits per heavy atom. The third kappa shape index (κ3) is 5.76. The smallest absolute Gasteiger partial charge is 0.410 e.